The highest BCUT2D eigenvalue weighted by atomic mass is 16.2. The molecule has 0 aliphatic heterocycles. The zero-order chi connectivity index (χ0) is 12.6. The Morgan fingerprint density at radius 2 is 1.81 bits per heavy atom. The molecule has 0 aliphatic carbocycles. The van der Waals surface area contributed by atoms with Crippen LogP contribution in [-0.2, 0) is 4.79 Å². The first-order valence-corrected chi connectivity index (χ1v) is 6.13. The fourth-order valence-electron chi connectivity index (χ4n) is 1.41. The van der Waals surface area contributed by atoms with Gasteiger partial charge in [-0.3, -0.25) is 9.69 Å². The van der Waals surface area contributed by atoms with Crippen molar-refractivity contribution in [1.82, 2.24) is 9.80 Å². The number of nitrogens with two attached hydrogens (primary N) is 1. The number of nitrogens with zero attached hydrogens (tertiary/aromatic N) is 2. The molecule has 0 heterocycles. The molecule has 0 saturated heterocycles. The Hall–Kier alpha value is -0.610. The summed E-state index contributed by atoms with van der Waals surface area (Å²) in [5, 5.41) is 0. The predicted octanol–water partition coefficient (Wildman–Crippen LogP) is 0.914. The average molecular weight is 229 g/mol. The highest BCUT2D eigenvalue weighted by Crippen LogP contribution is 1.99. The van der Waals surface area contributed by atoms with Gasteiger partial charge in [-0.25, -0.2) is 0 Å². The van der Waals surface area contributed by atoms with Crippen molar-refractivity contribution in [3.8, 4) is 0 Å². The first-order valence-electron chi connectivity index (χ1n) is 6.13. The number of amides is 1. The number of likely N-dealkylation sites (N-methyl/N-ethyl adjacent to an activating group) is 2. The molecule has 2 N–H and O–H groups in total. The van der Waals surface area contributed by atoms with E-state index in [0.717, 1.165) is 32.4 Å². The average Bonchev–Trinajstić information content (AvgIpc) is 2.23. The van der Waals surface area contributed by atoms with Crippen LogP contribution < -0.4 is 5.73 Å². The van der Waals surface area contributed by atoms with Gasteiger partial charge >= 0.3 is 0 Å². The summed E-state index contributed by atoms with van der Waals surface area (Å²) in [5.74, 6) is 0.191. The van der Waals surface area contributed by atoms with Crippen molar-refractivity contribution in [2.24, 2.45) is 5.73 Å². The van der Waals surface area contributed by atoms with Crippen molar-refractivity contribution < 1.29 is 4.79 Å². The molecule has 0 spiro atoms. The van der Waals surface area contributed by atoms with Crippen LogP contribution in [0.15, 0.2) is 0 Å². The maximum absolute atomic E-state index is 11.7. The second-order valence-corrected chi connectivity index (χ2v) is 4.69. The molecule has 16 heavy (non-hydrogen) atoms. The Balaban J connectivity index is 3.69. The van der Waals surface area contributed by atoms with Gasteiger partial charge in [-0.1, -0.05) is 6.42 Å². The zero-order valence-electron chi connectivity index (χ0n) is 11.2. The van der Waals surface area contributed by atoms with E-state index in [-0.39, 0.29) is 11.9 Å². The molecule has 0 aromatic carbocycles. The Morgan fingerprint density at radius 3 is 2.31 bits per heavy atom. The topological polar surface area (TPSA) is 49.6 Å². The Bertz CT molecular complexity index is 195. The van der Waals surface area contributed by atoms with Gasteiger partial charge in [0.2, 0.25) is 5.91 Å². The predicted molar refractivity (Wildman–Crippen MR) is 68.3 cm³/mol. The highest BCUT2D eigenvalue weighted by molar-refractivity contribution is 5.78. The first kappa shape index (κ1) is 15.4. The van der Waals surface area contributed by atoms with E-state index in [9.17, 15) is 4.79 Å². The summed E-state index contributed by atoms with van der Waals surface area (Å²) in [6.07, 6.45) is 3.34. The van der Waals surface area contributed by atoms with Crippen molar-refractivity contribution in [1.29, 1.82) is 0 Å². The van der Waals surface area contributed by atoms with Crippen molar-refractivity contribution in [3.63, 3.8) is 0 Å². The summed E-state index contributed by atoms with van der Waals surface area (Å²) in [6.45, 7) is 6.30. The smallest absolute Gasteiger partial charge is 0.236 e. The molecule has 0 rings (SSSR count). The molecule has 0 bridgehead atoms. The van der Waals surface area contributed by atoms with Crippen LogP contribution in [0.25, 0.3) is 0 Å². The monoisotopic (exact) mass is 229 g/mol. The van der Waals surface area contributed by atoms with Crippen LogP contribution in [0.2, 0.25) is 0 Å². The third-order valence-electron chi connectivity index (χ3n) is 2.82. The van der Waals surface area contributed by atoms with E-state index in [1.165, 1.54) is 0 Å². The molecule has 0 aromatic heterocycles. The van der Waals surface area contributed by atoms with Gasteiger partial charge in [0, 0.05) is 13.1 Å². The minimum absolute atomic E-state index is 0.191. The van der Waals surface area contributed by atoms with Crippen LogP contribution >= 0.6 is 0 Å². The van der Waals surface area contributed by atoms with Gasteiger partial charge in [0.15, 0.2) is 0 Å². The van der Waals surface area contributed by atoms with Crippen molar-refractivity contribution >= 4 is 5.91 Å². The molecule has 4 heteroatoms. The van der Waals surface area contributed by atoms with Crippen LogP contribution in [0, 0.1) is 0 Å². The lowest BCUT2D eigenvalue weighted by molar-refractivity contribution is -0.132. The van der Waals surface area contributed by atoms with Crippen LogP contribution in [0.1, 0.15) is 33.1 Å². The minimum Gasteiger partial charge on any atom is -0.342 e. The quantitative estimate of drug-likeness (QED) is 0.630. The third kappa shape index (κ3) is 6.80. The molecule has 0 unspecified atom stereocenters. The van der Waals surface area contributed by atoms with Gasteiger partial charge in [-0.2, -0.15) is 0 Å². The number of unbranched alkanes of at least 4 members (excludes halogenated alkanes) is 2. The molecule has 0 saturated carbocycles. The second kappa shape index (κ2) is 8.53. The molecule has 0 radical (unpaired) electrons. The van der Waals surface area contributed by atoms with Gasteiger partial charge in [0.25, 0.3) is 0 Å². The maximum Gasteiger partial charge on any atom is 0.236 e. The summed E-state index contributed by atoms with van der Waals surface area (Å²) in [4.78, 5) is 15.6. The molecule has 4 nitrogen and oxygen atoms in total. The second-order valence-electron chi connectivity index (χ2n) is 4.69. The van der Waals surface area contributed by atoms with Crippen molar-refractivity contribution in [3.05, 3.63) is 0 Å². The standard InChI is InChI=1S/C12H27N3O/c1-11(2)15(4)12(16)10-14(3)9-7-5-6-8-13/h11H,5-10,13H2,1-4H3. The van der Waals surface area contributed by atoms with Crippen LogP contribution in [0.4, 0.5) is 0 Å². The Morgan fingerprint density at radius 1 is 1.19 bits per heavy atom. The van der Waals surface area contributed by atoms with E-state index in [0.29, 0.717) is 6.54 Å². The summed E-state index contributed by atoms with van der Waals surface area (Å²) < 4.78 is 0. The third-order valence-corrected chi connectivity index (χ3v) is 2.82. The molecular weight excluding hydrogens is 202 g/mol. The van der Waals surface area contributed by atoms with E-state index in [1.54, 1.807) is 4.90 Å². The van der Waals surface area contributed by atoms with E-state index in [2.05, 4.69) is 4.90 Å². The number of carbonyl (C=O) groups is 1. The van der Waals surface area contributed by atoms with E-state index < -0.39 is 0 Å². The minimum atomic E-state index is 0.191. The van der Waals surface area contributed by atoms with Crippen LogP contribution in [0.5, 0.6) is 0 Å². The van der Waals surface area contributed by atoms with Crippen molar-refractivity contribution in [2.75, 3.05) is 33.7 Å². The van der Waals surface area contributed by atoms with Gasteiger partial charge < -0.3 is 10.6 Å². The molecule has 0 aromatic rings. The normalized spacial score (nSPS) is 11.2. The van der Waals surface area contributed by atoms with E-state index in [4.69, 9.17) is 5.73 Å². The lowest BCUT2D eigenvalue weighted by Gasteiger charge is -2.24. The number of hydrogen-bond donors (Lipinski definition) is 1. The fourth-order valence-corrected chi connectivity index (χ4v) is 1.41. The lowest BCUT2D eigenvalue weighted by atomic mass is 10.2. The molecule has 96 valence electrons. The van der Waals surface area contributed by atoms with Gasteiger partial charge in [0.05, 0.1) is 6.54 Å². The maximum atomic E-state index is 11.7. The summed E-state index contributed by atoms with van der Waals surface area (Å²) in [6, 6.07) is 0.276. The number of rotatable bonds is 8. The molecule has 0 atom stereocenters. The van der Waals surface area contributed by atoms with Crippen LogP contribution in [-0.4, -0.2) is 55.5 Å². The van der Waals surface area contributed by atoms with Gasteiger partial charge in [0.1, 0.15) is 0 Å². The van der Waals surface area contributed by atoms with Gasteiger partial charge in [-0.15, -0.1) is 0 Å². The molecule has 0 fully saturated rings. The van der Waals surface area contributed by atoms with Crippen LogP contribution in [0.3, 0.4) is 0 Å². The molecule has 0 aliphatic rings. The molecular formula is C12H27N3O. The SMILES string of the molecule is CC(C)N(C)C(=O)CN(C)CCCCCN. The van der Waals surface area contributed by atoms with Crippen molar-refractivity contribution in [2.45, 2.75) is 39.2 Å². The van der Waals surface area contributed by atoms with E-state index >= 15 is 0 Å². The summed E-state index contributed by atoms with van der Waals surface area (Å²) in [5.41, 5.74) is 5.42. The Kier molecular flexibility index (Phi) is 8.21. The Labute approximate surface area is 99.8 Å². The number of hydrogen-bond acceptors (Lipinski definition) is 3. The fraction of sp³-hybridized carbons (Fsp3) is 0.917. The summed E-state index contributed by atoms with van der Waals surface area (Å²) >= 11 is 0. The number of carbonyl (C=O) groups excluding carboxylic acids is 1. The largest absolute Gasteiger partial charge is 0.342 e. The summed E-state index contributed by atoms with van der Waals surface area (Å²) in [7, 11) is 3.85. The highest BCUT2D eigenvalue weighted by Gasteiger charge is 2.13. The zero-order valence-corrected chi connectivity index (χ0v) is 11.2. The lowest BCUT2D eigenvalue weighted by Crippen LogP contribution is -2.40. The van der Waals surface area contributed by atoms with Gasteiger partial charge in [-0.05, 0) is 46.8 Å². The first-order chi connectivity index (χ1) is 7.49. The van der Waals surface area contributed by atoms with E-state index in [1.807, 2.05) is 27.9 Å². The molecule has 1 amide bonds.